The third-order valence-corrected chi connectivity index (χ3v) is 5.26. The standard InChI is InChI=1S/C13H21N3O3S/c1-3-8-15(2)20(17,18)16-9-6-13(11-16)19-12-5-4-7-14-10-12/h4-5,7,10,13H,3,6,8-9,11H2,1-2H3/t13-/m0/s1. The molecule has 0 amide bonds. The Morgan fingerprint density at radius 2 is 2.35 bits per heavy atom. The lowest BCUT2D eigenvalue weighted by atomic mass is 10.3. The third kappa shape index (κ3) is 3.47. The molecule has 0 aromatic carbocycles. The highest BCUT2D eigenvalue weighted by atomic mass is 32.2. The van der Waals surface area contributed by atoms with Gasteiger partial charge in [-0.15, -0.1) is 0 Å². The van der Waals surface area contributed by atoms with Crippen molar-refractivity contribution in [3.8, 4) is 5.75 Å². The van der Waals surface area contributed by atoms with E-state index < -0.39 is 10.2 Å². The number of hydrogen-bond acceptors (Lipinski definition) is 4. The van der Waals surface area contributed by atoms with Gasteiger partial charge in [0.2, 0.25) is 0 Å². The van der Waals surface area contributed by atoms with E-state index in [1.54, 1.807) is 25.5 Å². The summed E-state index contributed by atoms with van der Waals surface area (Å²) < 4.78 is 33.3. The van der Waals surface area contributed by atoms with Gasteiger partial charge in [-0.05, 0) is 25.0 Å². The minimum atomic E-state index is -3.36. The zero-order valence-corrected chi connectivity index (χ0v) is 12.7. The zero-order valence-electron chi connectivity index (χ0n) is 11.9. The van der Waals surface area contributed by atoms with Crippen LogP contribution < -0.4 is 4.74 Å². The quantitative estimate of drug-likeness (QED) is 0.790. The molecule has 0 spiro atoms. The van der Waals surface area contributed by atoms with Gasteiger partial charge in [0, 0.05) is 26.3 Å². The summed E-state index contributed by atoms with van der Waals surface area (Å²) in [6.07, 6.45) is 4.72. The lowest BCUT2D eigenvalue weighted by Gasteiger charge is -2.23. The molecule has 6 nitrogen and oxygen atoms in total. The highest BCUT2D eigenvalue weighted by Gasteiger charge is 2.34. The number of nitrogens with zero attached hydrogens (tertiary/aromatic N) is 3. The first-order valence-electron chi connectivity index (χ1n) is 6.82. The Morgan fingerprint density at radius 3 is 3.00 bits per heavy atom. The van der Waals surface area contributed by atoms with Crippen LogP contribution in [0.25, 0.3) is 0 Å². The largest absolute Gasteiger partial charge is 0.487 e. The second kappa shape index (κ2) is 6.51. The number of ether oxygens (including phenoxy) is 1. The maximum Gasteiger partial charge on any atom is 0.281 e. The summed E-state index contributed by atoms with van der Waals surface area (Å²) in [6.45, 7) is 3.39. The van der Waals surface area contributed by atoms with Crippen molar-refractivity contribution in [1.82, 2.24) is 13.6 Å². The van der Waals surface area contributed by atoms with Gasteiger partial charge in [0.25, 0.3) is 10.2 Å². The van der Waals surface area contributed by atoms with E-state index in [-0.39, 0.29) is 6.10 Å². The van der Waals surface area contributed by atoms with Crippen molar-refractivity contribution in [3.05, 3.63) is 24.5 Å². The van der Waals surface area contributed by atoms with Crippen LogP contribution in [0.5, 0.6) is 5.75 Å². The van der Waals surface area contributed by atoms with Gasteiger partial charge in [-0.3, -0.25) is 4.98 Å². The van der Waals surface area contributed by atoms with Crippen LogP contribution in [0, 0.1) is 0 Å². The number of aromatic nitrogens is 1. The van der Waals surface area contributed by atoms with Crippen LogP contribution in [-0.2, 0) is 10.2 Å². The average molecular weight is 299 g/mol. The van der Waals surface area contributed by atoms with E-state index in [0.717, 1.165) is 6.42 Å². The molecule has 2 rings (SSSR count). The summed E-state index contributed by atoms with van der Waals surface area (Å²) >= 11 is 0. The summed E-state index contributed by atoms with van der Waals surface area (Å²) in [4.78, 5) is 3.98. The lowest BCUT2D eigenvalue weighted by Crippen LogP contribution is -2.41. The highest BCUT2D eigenvalue weighted by molar-refractivity contribution is 7.86. The molecular formula is C13H21N3O3S. The SMILES string of the molecule is CCCN(C)S(=O)(=O)N1CC[C@H](Oc2cccnc2)C1. The molecule has 112 valence electrons. The van der Waals surface area contributed by atoms with Gasteiger partial charge in [0.15, 0.2) is 0 Å². The fourth-order valence-corrected chi connectivity index (χ4v) is 3.74. The van der Waals surface area contributed by atoms with Gasteiger partial charge in [0.05, 0.1) is 12.7 Å². The van der Waals surface area contributed by atoms with Crippen LogP contribution in [0.1, 0.15) is 19.8 Å². The first kappa shape index (κ1) is 15.2. The predicted octanol–water partition coefficient (Wildman–Crippen LogP) is 1.12. The van der Waals surface area contributed by atoms with Gasteiger partial charge in [-0.25, -0.2) is 0 Å². The van der Waals surface area contributed by atoms with Gasteiger partial charge in [0.1, 0.15) is 11.9 Å². The summed E-state index contributed by atoms with van der Waals surface area (Å²) in [5.41, 5.74) is 0. The minimum Gasteiger partial charge on any atom is -0.487 e. The Morgan fingerprint density at radius 1 is 1.55 bits per heavy atom. The van der Waals surface area contributed by atoms with Crippen LogP contribution in [-0.4, -0.2) is 54.8 Å². The van der Waals surface area contributed by atoms with Crippen LogP contribution >= 0.6 is 0 Å². The van der Waals surface area contributed by atoms with E-state index in [2.05, 4.69) is 4.98 Å². The van der Waals surface area contributed by atoms with Crippen LogP contribution in [0.3, 0.4) is 0 Å². The molecule has 1 fully saturated rings. The first-order chi connectivity index (χ1) is 9.54. The third-order valence-electron chi connectivity index (χ3n) is 3.30. The Labute approximate surface area is 120 Å². The molecule has 0 N–H and O–H groups in total. The lowest BCUT2D eigenvalue weighted by molar-refractivity contribution is 0.213. The molecule has 1 aromatic heterocycles. The van der Waals surface area contributed by atoms with E-state index in [0.29, 0.717) is 31.8 Å². The summed E-state index contributed by atoms with van der Waals surface area (Å²) in [6, 6.07) is 3.63. The molecule has 0 unspecified atom stereocenters. The van der Waals surface area contributed by atoms with E-state index in [1.165, 1.54) is 8.61 Å². The number of hydrogen-bond donors (Lipinski definition) is 0. The van der Waals surface area contributed by atoms with Gasteiger partial charge >= 0.3 is 0 Å². The van der Waals surface area contributed by atoms with E-state index in [4.69, 9.17) is 4.74 Å². The van der Waals surface area contributed by atoms with Gasteiger partial charge in [-0.2, -0.15) is 17.0 Å². The Kier molecular flexibility index (Phi) is 4.95. The Balaban J connectivity index is 1.95. The fraction of sp³-hybridized carbons (Fsp3) is 0.615. The maximum atomic E-state index is 12.3. The molecular weight excluding hydrogens is 278 g/mol. The molecule has 0 saturated carbocycles. The van der Waals surface area contributed by atoms with Crippen molar-refractivity contribution in [2.24, 2.45) is 0 Å². The van der Waals surface area contributed by atoms with Crippen molar-refractivity contribution in [2.75, 3.05) is 26.7 Å². The molecule has 0 bridgehead atoms. The normalized spacial score (nSPS) is 20.4. The molecule has 20 heavy (non-hydrogen) atoms. The maximum absolute atomic E-state index is 12.3. The average Bonchev–Trinajstić information content (AvgIpc) is 2.89. The summed E-state index contributed by atoms with van der Waals surface area (Å²) in [7, 11) is -1.74. The number of rotatable bonds is 6. The number of pyridine rings is 1. The van der Waals surface area contributed by atoms with E-state index in [9.17, 15) is 8.42 Å². The Hall–Kier alpha value is -1.18. The summed E-state index contributed by atoms with van der Waals surface area (Å²) in [5, 5.41) is 0. The zero-order chi connectivity index (χ0) is 14.6. The monoisotopic (exact) mass is 299 g/mol. The van der Waals surface area contributed by atoms with Crippen molar-refractivity contribution in [2.45, 2.75) is 25.9 Å². The molecule has 1 aliphatic rings. The van der Waals surface area contributed by atoms with E-state index >= 15 is 0 Å². The second-order valence-corrected chi connectivity index (χ2v) is 6.94. The van der Waals surface area contributed by atoms with Gasteiger partial charge < -0.3 is 4.74 Å². The molecule has 1 atom stereocenters. The van der Waals surface area contributed by atoms with Crippen LogP contribution in [0.15, 0.2) is 24.5 Å². The van der Waals surface area contributed by atoms with Crippen molar-refractivity contribution in [3.63, 3.8) is 0 Å². The highest BCUT2D eigenvalue weighted by Crippen LogP contribution is 2.20. The van der Waals surface area contributed by atoms with E-state index in [1.807, 2.05) is 13.0 Å². The second-order valence-electron chi connectivity index (χ2n) is 4.90. The first-order valence-corrected chi connectivity index (χ1v) is 8.22. The molecule has 1 aliphatic heterocycles. The molecule has 1 saturated heterocycles. The smallest absolute Gasteiger partial charge is 0.281 e. The topological polar surface area (TPSA) is 62.7 Å². The molecule has 7 heteroatoms. The molecule has 1 aromatic rings. The minimum absolute atomic E-state index is 0.107. The molecule has 0 radical (unpaired) electrons. The van der Waals surface area contributed by atoms with Crippen molar-refractivity contribution < 1.29 is 13.2 Å². The Bertz CT molecular complexity index is 521. The molecule has 0 aliphatic carbocycles. The molecule has 2 heterocycles. The fourth-order valence-electron chi connectivity index (χ4n) is 2.24. The van der Waals surface area contributed by atoms with Gasteiger partial charge in [-0.1, -0.05) is 6.92 Å². The predicted molar refractivity (Wildman–Crippen MR) is 76.7 cm³/mol. The van der Waals surface area contributed by atoms with Crippen LogP contribution in [0.2, 0.25) is 0 Å². The summed E-state index contributed by atoms with van der Waals surface area (Å²) in [5.74, 6) is 0.679. The van der Waals surface area contributed by atoms with Crippen molar-refractivity contribution >= 4 is 10.2 Å². The van der Waals surface area contributed by atoms with Crippen LogP contribution in [0.4, 0.5) is 0 Å². The van der Waals surface area contributed by atoms with Crippen molar-refractivity contribution in [1.29, 1.82) is 0 Å².